The second kappa shape index (κ2) is 6.45. The van der Waals surface area contributed by atoms with Gasteiger partial charge in [0.2, 0.25) is 0 Å². The summed E-state index contributed by atoms with van der Waals surface area (Å²) < 4.78 is 15.0. The van der Waals surface area contributed by atoms with Gasteiger partial charge in [-0.2, -0.15) is 0 Å². The van der Waals surface area contributed by atoms with Crippen molar-refractivity contribution in [3.63, 3.8) is 0 Å². The summed E-state index contributed by atoms with van der Waals surface area (Å²) >= 11 is 6.25. The average molecular weight is 344 g/mol. The number of hydrogen-bond acceptors (Lipinski definition) is 3. The van der Waals surface area contributed by atoms with Crippen LogP contribution in [-0.4, -0.2) is 28.5 Å². The van der Waals surface area contributed by atoms with Gasteiger partial charge in [-0.15, -0.1) is 0 Å². The van der Waals surface area contributed by atoms with Gasteiger partial charge >= 0.3 is 0 Å². The minimum absolute atomic E-state index is 0.205. The SMILES string of the molecule is CN(C)C=Cc1nc2ccc(F)cc2c(=O)n1-c1ccccc1Cl. The molecule has 1 aromatic heterocycles. The van der Waals surface area contributed by atoms with Crippen molar-refractivity contribution in [1.82, 2.24) is 14.5 Å². The Labute approximate surface area is 143 Å². The van der Waals surface area contributed by atoms with Gasteiger partial charge in [-0.25, -0.2) is 9.37 Å². The maximum absolute atomic E-state index is 13.6. The van der Waals surface area contributed by atoms with Gasteiger partial charge in [-0.3, -0.25) is 9.36 Å². The van der Waals surface area contributed by atoms with E-state index in [0.717, 1.165) is 0 Å². The molecule has 0 aliphatic heterocycles. The fourth-order valence-corrected chi connectivity index (χ4v) is 2.59. The monoisotopic (exact) mass is 343 g/mol. The topological polar surface area (TPSA) is 38.1 Å². The second-order valence-corrected chi connectivity index (χ2v) is 5.91. The third kappa shape index (κ3) is 3.03. The normalized spacial score (nSPS) is 11.3. The number of nitrogens with zero attached hydrogens (tertiary/aromatic N) is 3. The number of fused-ring (bicyclic) bond motifs is 1. The molecule has 0 aliphatic rings. The first-order chi connectivity index (χ1) is 11.5. The molecule has 0 amide bonds. The molecule has 0 radical (unpaired) electrons. The van der Waals surface area contributed by atoms with Gasteiger partial charge in [0.25, 0.3) is 5.56 Å². The molecule has 0 bridgehead atoms. The van der Waals surface area contributed by atoms with E-state index >= 15 is 0 Å². The largest absolute Gasteiger partial charge is 0.383 e. The molecule has 0 saturated carbocycles. The Morgan fingerprint density at radius 1 is 1.21 bits per heavy atom. The Morgan fingerprint density at radius 3 is 2.67 bits per heavy atom. The quantitative estimate of drug-likeness (QED) is 0.727. The van der Waals surface area contributed by atoms with Crippen molar-refractivity contribution in [2.75, 3.05) is 14.1 Å². The number of benzene rings is 2. The van der Waals surface area contributed by atoms with Crippen LogP contribution < -0.4 is 5.56 Å². The third-order valence-electron chi connectivity index (χ3n) is 3.47. The Morgan fingerprint density at radius 2 is 1.96 bits per heavy atom. The molecule has 0 unspecified atom stereocenters. The molecule has 2 aromatic carbocycles. The van der Waals surface area contributed by atoms with Crippen LogP contribution in [0.3, 0.4) is 0 Å². The zero-order valence-electron chi connectivity index (χ0n) is 13.2. The highest BCUT2D eigenvalue weighted by molar-refractivity contribution is 6.32. The molecule has 6 heteroatoms. The summed E-state index contributed by atoms with van der Waals surface area (Å²) in [5, 5.41) is 0.619. The highest BCUT2D eigenvalue weighted by Crippen LogP contribution is 2.21. The predicted octanol–water partition coefficient (Wildman–Crippen LogP) is 3.71. The summed E-state index contributed by atoms with van der Waals surface area (Å²) in [7, 11) is 3.73. The molecule has 4 nitrogen and oxygen atoms in total. The Bertz CT molecular complexity index is 995. The van der Waals surface area contributed by atoms with Crippen LogP contribution in [0.1, 0.15) is 5.82 Å². The number of hydrogen-bond donors (Lipinski definition) is 0. The van der Waals surface area contributed by atoms with Gasteiger partial charge < -0.3 is 4.90 Å². The lowest BCUT2D eigenvalue weighted by Crippen LogP contribution is -2.23. The van der Waals surface area contributed by atoms with Crippen LogP contribution in [0.15, 0.2) is 53.5 Å². The van der Waals surface area contributed by atoms with Crippen LogP contribution in [0.2, 0.25) is 5.02 Å². The standard InChI is InChI=1S/C18H15ClFN3O/c1-22(2)10-9-17-21-15-8-7-12(20)11-13(15)18(24)23(17)16-6-4-3-5-14(16)19/h3-11H,1-2H3. The smallest absolute Gasteiger partial charge is 0.266 e. The van der Waals surface area contributed by atoms with E-state index in [0.29, 0.717) is 22.1 Å². The summed E-state index contributed by atoms with van der Waals surface area (Å²) in [5.41, 5.74) is 0.565. The van der Waals surface area contributed by atoms with Gasteiger partial charge in [0.05, 0.1) is 21.6 Å². The summed E-state index contributed by atoms with van der Waals surface area (Å²) in [6, 6.07) is 11.0. The van der Waals surface area contributed by atoms with E-state index in [9.17, 15) is 9.18 Å². The first-order valence-electron chi connectivity index (χ1n) is 7.29. The molecule has 122 valence electrons. The number of halogens is 2. The van der Waals surface area contributed by atoms with E-state index in [-0.39, 0.29) is 10.9 Å². The van der Waals surface area contributed by atoms with Gasteiger partial charge in [0.1, 0.15) is 11.6 Å². The number of para-hydroxylation sites is 1. The molecule has 1 heterocycles. The maximum atomic E-state index is 13.6. The van der Waals surface area contributed by atoms with Gasteiger partial charge in [-0.05, 0) is 36.4 Å². The lowest BCUT2D eigenvalue weighted by molar-refractivity contribution is 0.567. The zero-order valence-corrected chi connectivity index (χ0v) is 14.0. The maximum Gasteiger partial charge on any atom is 0.266 e. The summed E-state index contributed by atoms with van der Waals surface area (Å²) in [4.78, 5) is 19.3. The van der Waals surface area contributed by atoms with Crippen LogP contribution in [-0.2, 0) is 0 Å². The van der Waals surface area contributed by atoms with Crippen molar-refractivity contribution < 1.29 is 4.39 Å². The molecule has 0 aliphatic carbocycles. The Balaban J connectivity index is 2.39. The lowest BCUT2D eigenvalue weighted by atomic mass is 10.2. The first-order valence-corrected chi connectivity index (χ1v) is 7.67. The zero-order chi connectivity index (χ0) is 17.3. The minimum atomic E-state index is -0.483. The van der Waals surface area contributed by atoms with Crippen molar-refractivity contribution in [3.8, 4) is 5.69 Å². The van der Waals surface area contributed by atoms with Crippen molar-refractivity contribution in [2.24, 2.45) is 0 Å². The molecule has 0 fully saturated rings. The van der Waals surface area contributed by atoms with Crippen LogP contribution in [0, 0.1) is 5.82 Å². The fourth-order valence-electron chi connectivity index (χ4n) is 2.37. The lowest BCUT2D eigenvalue weighted by Gasteiger charge is -2.13. The molecule has 0 N–H and O–H groups in total. The van der Waals surface area contributed by atoms with Crippen molar-refractivity contribution in [3.05, 3.63) is 75.7 Å². The van der Waals surface area contributed by atoms with Crippen molar-refractivity contribution in [1.29, 1.82) is 0 Å². The van der Waals surface area contributed by atoms with E-state index < -0.39 is 5.82 Å². The summed E-state index contributed by atoms with van der Waals surface area (Å²) in [6.45, 7) is 0. The van der Waals surface area contributed by atoms with E-state index in [1.807, 2.05) is 19.0 Å². The molecular weight excluding hydrogens is 329 g/mol. The molecule has 3 aromatic rings. The fraction of sp³-hybridized carbons (Fsp3) is 0.111. The van der Waals surface area contributed by atoms with E-state index in [1.165, 1.54) is 22.8 Å². The third-order valence-corrected chi connectivity index (χ3v) is 3.79. The van der Waals surface area contributed by atoms with Gasteiger partial charge in [0, 0.05) is 20.3 Å². The van der Waals surface area contributed by atoms with Gasteiger partial charge in [-0.1, -0.05) is 23.7 Å². The molecular formula is C18H15ClFN3O. The molecule has 0 saturated heterocycles. The number of rotatable bonds is 3. The van der Waals surface area contributed by atoms with E-state index in [2.05, 4.69) is 4.98 Å². The molecule has 0 spiro atoms. The molecule has 0 atom stereocenters. The van der Waals surface area contributed by atoms with Crippen LogP contribution >= 0.6 is 11.6 Å². The highest BCUT2D eigenvalue weighted by Gasteiger charge is 2.14. The molecule has 24 heavy (non-hydrogen) atoms. The predicted molar refractivity (Wildman–Crippen MR) is 95.0 cm³/mol. The Hall–Kier alpha value is -2.66. The highest BCUT2D eigenvalue weighted by atomic mass is 35.5. The Kier molecular flexibility index (Phi) is 4.36. The summed E-state index contributed by atoms with van der Waals surface area (Å²) in [5.74, 6) is -0.0652. The van der Waals surface area contributed by atoms with Crippen LogP contribution in [0.4, 0.5) is 4.39 Å². The first kappa shape index (κ1) is 16.2. The van der Waals surface area contributed by atoms with Crippen LogP contribution in [0.25, 0.3) is 22.7 Å². The van der Waals surface area contributed by atoms with Crippen molar-refractivity contribution >= 4 is 28.6 Å². The molecule has 3 rings (SSSR count). The second-order valence-electron chi connectivity index (χ2n) is 5.50. The van der Waals surface area contributed by atoms with Gasteiger partial charge in [0.15, 0.2) is 0 Å². The minimum Gasteiger partial charge on any atom is -0.383 e. The van der Waals surface area contributed by atoms with Crippen molar-refractivity contribution in [2.45, 2.75) is 0 Å². The van der Waals surface area contributed by atoms with E-state index in [1.54, 1.807) is 36.5 Å². The average Bonchev–Trinajstić information content (AvgIpc) is 2.55. The number of aromatic nitrogens is 2. The van der Waals surface area contributed by atoms with Crippen LogP contribution in [0.5, 0.6) is 0 Å². The summed E-state index contributed by atoms with van der Waals surface area (Å²) in [6.07, 6.45) is 3.50. The van der Waals surface area contributed by atoms with E-state index in [4.69, 9.17) is 11.6 Å².